The third kappa shape index (κ3) is 3.56. The molecule has 1 aromatic heterocycles. The van der Waals surface area contributed by atoms with E-state index >= 15 is 0 Å². The number of hydrogen-bond donors (Lipinski definition) is 2. The summed E-state index contributed by atoms with van der Waals surface area (Å²) in [4.78, 5) is 13.5. The SMILES string of the molecule is COc1cc(O)c(/C=N/NC(=O)c2ccc(C)s2)c(OC)c1. The lowest BCUT2D eigenvalue weighted by Crippen LogP contribution is -2.16. The number of nitrogens with zero attached hydrogens (tertiary/aromatic N) is 1. The maximum absolute atomic E-state index is 11.9. The van der Waals surface area contributed by atoms with Gasteiger partial charge in [-0.15, -0.1) is 11.3 Å². The van der Waals surface area contributed by atoms with Gasteiger partial charge in [-0.05, 0) is 19.1 Å². The molecule has 2 N–H and O–H groups in total. The van der Waals surface area contributed by atoms with E-state index in [4.69, 9.17) is 9.47 Å². The summed E-state index contributed by atoms with van der Waals surface area (Å²) >= 11 is 1.38. The maximum Gasteiger partial charge on any atom is 0.281 e. The van der Waals surface area contributed by atoms with Gasteiger partial charge < -0.3 is 14.6 Å². The Balaban J connectivity index is 2.14. The second kappa shape index (κ2) is 6.95. The molecule has 0 saturated carbocycles. The monoisotopic (exact) mass is 320 g/mol. The highest BCUT2D eigenvalue weighted by Crippen LogP contribution is 2.31. The third-order valence-electron chi connectivity index (χ3n) is 2.87. The van der Waals surface area contributed by atoms with Crippen LogP contribution in [-0.4, -0.2) is 31.4 Å². The molecule has 1 aromatic carbocycles. The predicted octanol–water partition coefficient (Wildman–Crippen LogP) is 2.54. The molecule has 2 aromatic rings. The number of methoxy groups -OCH3 is 2. The van der Waals surface area contributed by atoms with Gasteiger partial charge in [0.1, 0.15) is 17.2 Å². The number of benzene rings is 1. The Kier molecular flexibility index (Phi) is 5.00. The summed E-state index contributed by atoms with van der Waals surface area (Å²) in [5.41, 5.74) is 2.76. The summed E-state index contributed by atoms with van der Waals surface area (Å²) in [7, 11) is 2.96. The van der Waals surface area contributed by atoms with Crippen LogP contribution in [0, 0.1) is 6.92 Å². The largest absolute Gasteiger partial charge is 0.507 e. The van der Waals surface area contributed by atoms with Gasteiger partial charge in [-0.25, -0.2) is 5.43 Å². The average molecular weight is 320 g/mol. The van der Waals surface area contributed by atoms with E-state index in [0.717, 1.165) is 4.88 Å². The number of carbonyl (C=O) groups is 1. The van der Waals surface area contributed by atoms with E-state index in [2.05, 4.69) is 10.5 Å². The van der Waals surface area contributed by atoms with Gasteiger partial charge in [0.25, 0.3) is 5.91 Å². The molecule has 0 unspecified atom stereocenters. The van der Waals surface area contributed by atoms with Crippen LogP contribution >= 0.6 is 11.3 Å². The molecule has 0 aliphatic rings. The van der Waals surface area contributed by atoms with Crippen molar-refractivity contribution in [1.82, 2.24) is 5.43 Å². The molecule has 0 radical (unpaired) electrons. The highest BCUT2D eigenvalue weighted by molar-refractivity contribution is 7.13. The number of phenols is 1. The number of aromatic hydroxyl groups is 1. The minimum Gasteiger partial charge on any atom is -0.507 e. The van der Waals surface area contributed by atoms with Crippen molar-refractivity contribution in [3.05, 3.63) is 39.6 Å². The quantitative estimate of drug-likeness (QED) is 0.655. The highest BCUT2D eigenvalue weighted by atomic mass is 32.1. The lowest BCUT2D eigenvalue weighted by Gasteiger charge is -2.09. The highest BCUT2D eigenvalue weighted by Gasteiger charge is 2.11. The van der Waals surface area contributed by atoms with Crippen LogP contribution in [0.2, 0.25) is 0 Å². The Labute approximate surface area is 132 Å². The summed E-state index contributed by atoms with van der Waals surface area (Å²) in [6.45, 7) is 1.92. The Morgan fingerprint density at radius 3 is 2.68 bits per heavy atom. The van der Waals surface area contributed by atoms with Gasteiger partial charge in [-0.1, -0.05) is 0 Å². The van der Waals surface area contributed by atoms with Crippen LogP contribution in [0.3, 0.4) is 0 Å². The Morgan fingerprint density at radius 2 is 2.09 bits per heavy atom. The van der Waals surface area contributed by atoms with Gasteiger partial charge in [0.05, 0.1) is 30.9 Å². The number of nitrogens with one attached hydrogen (secondary N) is 1. The lowest BCUT2D eigenvalue weighted by atomic mass is 10.2. The molecule has 2 rings (SSSR count). The number of ether oxygens (including phenoxy) is 2. The molecule has 22 heavy (non-hydrogen) atoms. The van der Waals surface area contributed by atoms with Gasteiger partial charge >= 0.3 is 0 Å². The molecule has 0 atom stereocenters. The molecule has 116 valence electrons. The molecular formula is C15H16N2O4S. The van der Waals surface area contributed by atoms with Crippen molar-refractivity contribution >= 4 is 23.5 Å². The molecule has 6 nitrogen and oxygen atoms in total. The zero-order valence-corrected chi connectivity index (χ0v) is 13.2. The standard InChI is InChI=1S/C15H16N2O4S/c1-9-4-5-14(22-9)15(19)17-16-8-11-12(18)6-10(20-2)7-13(11)21-3/h4-8,18H,1-3H3,(H,17,19)/b16-8+. The van der Waals surface area contributed by atoms with Crippen molar-refractivity contribution in [2.24, 2.45) is 5.10 Å². The van der Waals surface area contributed by atoms with Crippen molar-refractivity contribution < 1.29 is 19.4 Å². The van der Waals surface area contributed by atoms with Crippen molar-refractivity contribution in [1.29, 1.82) is 0 Å². The first-order valence-corrected chi connectivity index (χ1v) is 7.21. The summed E-state index contributed by atoms with van der Waals surface area (Å²) in [5.74, 6) is 0.494. The number of amides is 1. The van der Waals surface area contributed by atoms with Crippen molar-refractivity contribution in [2.75, 3.05) is 14.2 Å². The van der Waals surface area contributed by atoms with Crippen LogP contribution < -0.4 is 14.9 Å². The van der Waals surface area contributed by atoms with E-state index in [9.17, 15) is 9.90 Å². The molecule has 7 heteroatoms. The summed E-state index contributed by atoms with van der Waals surface area (Å²) in [6, 6.07) is 6.65. The molecule has 0 spiro atoms. The summed E-state index contributed by atoms with van der Waals surface area (Å²) in [6.07, 6.45) is 1.33. The molecule has 0 fully saturated rings. The number of hydrogen-bond acceptors (Lipinski definition) is 6. The van der Waals surface area contributed by atoms with E-state index in [1.807, 2.05) is 13.0 Å². The summed E-state index contributed by atoms with van der Waals surface area (Å²) in [5, 5.41) is 13.8. The van der Waals surface area contributed by atoms with Crippen molar-refractivity contribution in [2.45, 2.75) is 6.92 Å². The number of phenolic OH excluding ortho intramolecular Hbond substituents is 1. The first-order valence-electron chi connectivity index (χ1n) is 6.40. The summed E-state index contributed by atoms with van der Waals surface area (Å²) < 4.78 is 10.2. The Morgan fingerprint density at radius 1 is 1.32 bits per heavy atom. The normalized spacial score (nSPS) is 10.7. The van der Waals surface area contributed by atoms with Gasteiger partial charge in [0.15, 0.2) is 0 Å². The first kappa shape index (κ1) is 15.8. The zero-order chi connectivity index (χ0) is 16.1. The molecule has 0 saturated heterocycles. The number of aryl methyl sites for hydroxylation is 1. The van der Waals surface area contributed by atoms with E-state index in [1.54, 1.807) is 12.1 Å². The molecule has 1 heterocycles. The van der Waals surface area contributed by atoms with Gasteiger partial charge in [-0.3, -0.25) is 4.79 Å². The minimum atomic E-state index is -0.304. The number of carbonyl (C=O) groups excluding carboxylic acids is 1. The van der Waals surface area contributed by atoms with E-state index < -0.39 is 0 Å². The topological polar surface area (TPSA) is 80.2 Å². The van der Waals surface area contributed by atoms with E-state index in [-0.39, 0.29) is 11.7 Å². The third-order valence-corrected chi connectivity index (χ3v) is 3.87. The second-order valence-corrected chi connectivity index (χ2v) is 5.66. The smallest absolute Gasteiger partial charge is 0.281 e. The molecule has 0 aliphatic heterocycles. The number of hydrazone groups is 1. The van der Waals surface area contributed by atoms with Crippen LogP contribution in [0.4, 0.5) is 0 Å². The van der Waals surface area contributed by atoms with Gasteiger partial charge in [0.2, 0.25) is 0 Å². The molecular weight excluding hydrogens is 304 g/mol. The predicted molar refractivity (Wildman–Crippen MR) is 85.3 cm³/mol. The Hall–Kier alpha value is -2.54. The van der Waals surface area contributed by atoms with Gasteiger partial charge in [-0.2, -0.15) is 5.10 Å². The van der Waals surface area contributed by atoms with Crippen LogP contribution in [0.25, 0.3) is 0 Å². The second-order valence-electron chi connectivity index (χ2n) is 4.37. The minimum absolute atomic E-state index is 0.0545. The van der Waals surface area contributed by atoms with Crippen LogP contribution in [0.5, 0.6) is 17.2 Å². The van der Waals surface area contributed by atoms with Crippen molar-refractivity contribution in [3.63, 3.8) is 0 Å². The number of rotatable bonds is 5. The van der Waals surface area contributed by atoms with E-state index in [1.165, 1.54) is 37.8 Å². The molecule has 0 bridgehead atoms. The van der Waals surface area contributed by atoms with Crippen LogP contribution in [0.15, 0.2) is 29.4 Å². The fourth-order valence-electron chi connectivity index (χ4n) is 1.77. The lowest BCUT2D eigenvalue weighted by molar-refractivity contribution is 0.0959. The average Bonchev–Trinajstić information content (AvgIpc) is 2.94. The fourth-order valence-corrected chi connectivity index (χ4v) is 2.53. The first-order chi connectivity index (χ1) is 10.5. The van der Waals surface area contributed by atoms with Crippen LogP contribution in [0.1, 0.15) is 20.1 Å². The number of thiophene rings is 1. The van der Waals surface area contributed by atoms with E-state index in [0.29, 0.717) is 21.9 Å². The maximum atomic E-state index is 11.9. The molecule has 1 amide bonds. The fraction of sp³-hybridized carbons (Fsp3) is 0.200. The van der Waals surface area contributed by atoms with Gasteiger partial charge in [0, 0.05) is 17.0 Å². The van der Waals surface area contributed by atoms with Crippen molar-refractivity contribution in [3.8, 4) is 17.2 Å². The Bertz CT molecular complexity index is 710. The molecule has 0 aliphatic carbocycles. The zero-order valence-electron chi connectivity index (χ0n) is 12.4. The van der Waals surface area contributed by atoms with Crippen LogP contribution in [-0.2, 0) is 0 Å².